The zero-order valence-electron chi connectivity index (χ0n) is 13.1. The number of nitrogen functional groups attached to an aromatic ring is 1. The van der Waals surface area contributed by atoms with Crippen molar-refractivity contribution in [2.75, 3.05) is 43.9 Å². The predicted molar refractivity (Wildman–Crippen MR) is 89.8 cm³/mol. The Morgan fingerprint density at radius 1 is 1.17 bits per heavy atom. The van der Waals surface area contributed by atoms with Crippen molar-refractivity contribution in [1.29, 1.82) is 0 Å². The second kappa shape index (κ2) is 6.56. The molecule has 1 aliphatic rings. The van der Waals surface area contributed by atoms with Crippen molar-refractivity contribution in [2.45, 2.75) is 0 Å². The minimum Gasteiger partial charge on any atom is -0.495 e. The summed E-state index contributed by atoms with van der Waals surface area (Å²) in [4.78, 5) is 20.6. The molecule has 0 aliphatic carbocycles. The third-order valence-electron chi connectivity index (χ3n) is 4.00. The van der Waals surface area contributed by atoms with E-state index in [1.807, 2.05) is 29.2 Å². The second-order valence-electron chi connectivity index (χ2n) is 5.46. The Labute approximate surface area is 135 Å². The summed E-state index contributed by atoms with van der Waals surface area (Å²) in [5, 5.41) is 0. The summed E-state index contributed by atoms with van der Waals surface area (Å²) < 4.78 is 5.41. The van der Waals surface area contributed by atoms with Crippen LogP contribution in [-0.4, -0.2) is 49.1 Å². The third-order valence-corrected chi connectivity index (χ3v) is 4.00. The molecule has 0 radical (unpaired) electrons. The van der Waals surface area contributed by atoms with Gasteiger partial charge in [0.2, 0.25) is 0 Å². The number of carbonyl (C=O) groups excluding carboxylic acids is 1. The normalized spacial score (nSPS) is 14.7. The fourth-order valence-corrected chi connectivity index (χ4v) is 2.80. The molecule has 3 rings (SSSR count). The van der Waals surface area contributed by atoms with Crippen LogP contribution < -0.4 is 15.4 Å². The molecule has 0 saturated carbocycles. The highest BCUT2D eigenvalue weighted by Gasteiger charge is 2.23. The first-order valence-electron chi connectivity index (χ1n) is 7.57. The Morgan fingerprint density at radius 3 is 2.61 bits per heavy atom. The zero-order valence-corrected chi connectivity index (χ0v) is 13.1. The summed E-state index contributed by atoms with van der Waals surface area (Å²) >= 11 is 0. The molecule has 6 nitrogen and oxygen atoms in total. The number of aromatic nitrogens is 1. The van der Waals surface area contributed by atoms with Crippen LogP contribution in [0.3, 0.4) is 0 Å². The number of piperazine rings is 1. The topological polar surface area (TPSA) is 71.7 Å². The Kier molecular flexibility index (Phi) is 4.32. The summed E-state index contributed by atoms with van der Waals surface area (Å²) in [7, 11) is 1.67. The van der Waals surface area contributed by atoms with Crippen LogP contribution >= 0.6 is 0 Å². The number of nitrogens with two attached hydrogens (primary N) is 1. The van der Waals surface area contributed by atoms with E-state index in [9.17, 15) is 4.79 Å². The van der Waals surface area contributed by atoms with Crippen molar-refractivity contribution >= 4 is 17.3 Å². The summed E-state index contributed by atoms with van der Waals surface area (Å²) in [6, 6.07) is 9.61. The Balaban J connectivity index is 1.67. The number of para-hydroxylation sites is 2. The van der Waals surface area contributed by atoms with E-state index < -0.39 is 0 Å². The van der Waals surface area contributed by atoms with Gasteiger partial charge in [-0.1, -0.05) is 12.1 Å². The first-order chi connectivity index (χ1) is 11.2. The van der Waals surface area contributed by atoms with Crippen molar-refractivity contribution in [3.63, 3.8) is 0 Å². The van der Waals surface area contributed by atoms with Crippen LogP contribution in [-0.2, 0) is 0 Å². The van der Waals surface area contributed by atoms with E-state index in [0.717, 1.165) is 24.5 Å². The first-order valence-corrected chi connectivity index (χ1v) is 7.57. The summed E-state index contributed by atoms with van der Waals surface area (Å²) in [5.41, 5.74) is 7.80. The SMILES string of the molecule is COc1ccccc1N1CCN(C(=O)c2cncc(N)c2)CC1. The van der Waals surface area contributed by atoms with Crippen LogP contribution in [0.4, 0.5) is 11.4 Å². The number of anilines is 2. The number of carbonyl (C=O) groups is 1. The zero-order chi connectivity index (χ0) is 16.2. The highest BCUT2D eigenvalue weighted by Crippen LogP contribution is 2.28. The molecule has 1 saturated heterocycles. The Morgan fingerprint density at radius 2 is 1.91 bits per heavy atom. The monoisotopic (exact) mass is 312 g/mol. The number of hydrogen-bond acceptors (Lipinski definition) is 5. The van der Waals surface area contributed by atoms with Crippen LogP contribution in [0.25, 0.3) is 0 Å². The van der Waals surface area contributed by atoms with Gasteiger partial charge in [-0.25, -0.2) is 0 Å². The standard InChI is InChI=1S/C17H20N4O2/c1-23-16-5-3-2-4-15(16)20-6-8-21(9-7-20)17(22)13-10-14(18)12-19-11-13/h2-5,10-12H,6-9,18H2,1H3. The van der Waals surface area contributed by atoms with Gasteiger partial charge in [-0.3, -0.25) is 9.78 Å². The van der Waals surface area contributed by atoms with E-state index in [1.165, 1.54) is 6.20 Å². The largest absolute Gasteiger partial charge is 0.495 e. The lowest BCUT2D eigenvalue weighted by Crippen LogP contribution is -2.48. The van der Waals surface area contributed by atoms with Gasteiger partial charge in [-0.05, 0) is 18.2 Å². The first kappa shape index (κ1) is 15.1. The van der Waals surface area contributed by atoms with E-state index in [0.29, 0.717) is 24.3 Å². The molecule has 1 aromatic heterocycles. The van der Waals surface area contributed by atoms with Gasteiger partial charge >= 0.3 is 0 Å². The van der Waals surface area contributed by atoms with Gasteiger partial charge < -0.3 is 20.3 Å². The Hall–Kier alpha value is -2.76. The van der Waals surface area contributed by atoms with Gasteiger partial charge in [-0.2, -0.15) is 0 Å². The van der Waals surface area contributed by atoms with Crippen LogP contribution in [0.15, 0.2) is 42.7 Å². The molecule has 0 atom stereocenters. The molecule has 1 aromatic carbocycles. The van der Waals surface area contributed by atoms with Crippen molar-refractivity contribution in [2.24, 2.45) is 0 Å². The molecular formula is C17H20N4O2. The fraction of sp³-hybridized carbons (Fsp3) is 0.294. The molecule has 0 bridgehead atoms. The lowest BCUT2D eigenvalue weighted by Gasteiger charge is -2.36. The lowest BCUT2D eigenvalue weighted by molar-refractivity contribution is 0.0746. The number of benzene rings is 1. The average Bonchev–Trinajstić information content (AvgIpc) is 2.61. The van der Waals surface area contributed by atoms with E-state index in [-0.39, 0.29) is 5.91 Å². The summed E-state index contributed by atoms with van der Waals surface area (Å²) in [6.07, 6.45) is 3.10. The van der Waals surface area contributed by atoms with E-state index in [4.69, 9.17) is 10.5 Å². The molecule has 1 amide bonds. The molecule has 0 spiro atoms. The van der Waals surface area contributed by atoms with Crippen LogP contribution in [0.1, 0.15) is 10.4 Å². The van der Waals surface area contributed by atoms with Gasteiger partial charge in [0.1, 0.15) is 5.75 Å². The number of ether oxygens (including phenoxy) is 1. The molecule has 2 aromatic rings. The van der Waals surface area contributed by atoms with Gasteiger partial charge in [-0.15, -0.1) is 0 Å². The van der Waals surface area contributed by atoms with E-state index in [2.05, 4.69) is 9.88 Å². The van der Waals surface area contributed by atoms with E-state index in [1.54, 1.807) is 19.4 Å². The molecule has 2 heterocycles. The minimum absolute atomic E-state index is 0.0236. The number of hydrogen-bond donors (Lipinski definition) is 1. The molecule has 1 aliphatic heterocycles. The average molecular weight is 312 g/mol. The lowest BCUT2D eigenvalue weighted by atomic mass is 10.2. The van der Waals surface area contributed by atoms with Crippen LogP contribution in [0, 0.1) is 0 Å². The number of amides is 1. The molecular weight excluding hydrogens is 292 g/mol. The number of nitrogens with zero attached hydrogens (tertiary/aromatic N) is 3. The fourth-order valence-electron chi connectivity index (χ4n) is 2.80. The van der Waals surface area contributed by atoms with Gasteiger partial charge in [0, 0.05) is 38.6 Å². The number of rotatable bonds is 3. The van der Waals surface area contributed by atoms with Gasteiger partial charge in [0.15, 0.2) is 0 Å². The second-order valence-corrected chi connectivity index (χ2v) is 5.46. The molecule has 2 N–H and O–H groups in total. The van der Waals surface area contributed by atoms with Crippen molar-refractivity contribution < 1.29 is 9.53 Å². The molecule has 120 valence electrons. The van der Waals surface area contributed by atoms with Crippen LogP contribution in [0.2, 0.25) is 0 Å². The Bertz CT molecular complexity index is 696. The summed E-state index contributed by atoms with van der Waals surface area (Å²) in [5.74, 6) is 0.830. The van der Waals surface area contributed by atoms with Gasteiger partial charge in [0.25, 0.3) is 5.91 Å². The van der Waals surface area contributed by atoms with Crippen molar-refractivity contribution in [3.8, 4) is 5.75 Å². The smallest absolute Gasteiger partial charge is 0.255 e. The highest BCUT2D eigenvalue weighted by molar-refractivity contribution is 5.94. The molecule has 0 unspecified atom stereocenters. The maximum atomic E-state index is 12.5. The number of methoxy groups -OCH3 is 1. The van der Waals surface area contributed by atoms with Crippen molar-refractivity contribution in [1.82, 2.24) is 9.88 Å². The predicted octanol–water partition coefficient (Wildman–Crippen LogP) is 1.63. The summed E-state index contributed by atoms with van der Waals surface area (Å²) in [6.45, 7) is 2.85. The highest BCUT2D eigenvalue weighted by atomic mass is 16.5. The molecule has 1 fully saturated rings. The molecule has 6 heteroatoms. The third kappa shape index (κ3) is 3.21. The molecule has 23 heavy (non-hydrogen) atoms. The maximum absolute atomic E-state index is 12.5. The maximum Gasteiger partial charge on any atom is 0.255 e. The van der Waals surface area contributed by atoms with Crippen molar-refractivity contribution in [3.05, 3.63) is 48.3 Å². The van der Waals surface area contributed by atoms with Gasteiger partial charge in [0.05, 0.1) is 24.0 Å². The van der Waals surface area contributed by atoms with E-state index >= 15 is 0 Å². The minimum atomic E-state index is -0.0236. The van der Waals surface area contributed by atoms with Crippen LogP contribution in [0.5, 0.6) is 5.75 Å². The quantitative estimate of drug-likeness (QED) is 0.933. The number of pyridine rings is 1.